The van der Waals surface area contributed by atoms with Gasteiger partial charge in [0.2, 0.25) is 0 Å². The van der Waals surface area contributed by atoms with Gasteiger partial charge in [-0.05, 0) is 45.6 Å². The van der Waals surface area contributed by atoms with Gasteiger partial charge in [-0.25, -0.2) is 4.39 Å². The van der Waals surface area contributed by atoms with Crippen LogP contribution in [0.1, 0.15) is 32.8 Å². The smallest absolute Gasteiger partial charge is 0.146 e. The Labute approximate surface area is 129 Å². The van der Waals surface area contributed by atoms with Crippen molar-refractivity contribution in [3.8, 4) is 0 Å². The third-order valence-corrected chi connectivity index (χ3v) is 3.50. The van der Waals surface area contributed by atoms with Crippen LogP contribution < -0.4 is 10.2 Å². The van der Waals surface area contributed by atoms with E-state index in [0.29, 0.717) is 12.6 Å². The number of benzene rings is 1. The first-order chi connectivity index (χ1) is 9.95. The van der Waals surface area contributed by atoms with Crippen LogP contribution in [0.4, 0.5) is 10.1 Å². The normalized spacial score (nSPS) is 11.4. The molecule has 1 aromatic rings. The maximum Gasteiger partial charge on any atom is 0.146 e. The van der Waals surface area contributed by atoms with Crippen LogP contribution in [0.5, 0.6) is 0 Å². The van der Waals surface area contributed by atoms with Crippen LogP contribution >= 0.6 is 0 Å². The van der Waals surface area contributed by atoms with Gasteiger partial charge in [0.15, 0.2) is 0 Å². The zero-order chi connectivity index (χ0) is 15.8. The van der Waals surface area contributed by atoms with E-state index < -0.39 is 0 Å². The molecule has 3 nitrogen and oxygen atoms in total. The molecule has 1 aromatic carbocycles. The summed E-state index contributed by atoms with van der Waals surface area (Å²) in [6.07, 6.45) is 1.03. The standard InChI is InChI=1S/C17H30FN3/c1-6-21(12-8-11-20(4)5)17-15(13-19-14(2)3)9-7-10-16(17)18/h7,9-10,14,19H,6,8,11-13H2,1-5H3. The minimum absolute atomic E-state index is 0.121. The lowest BCUT2D eigenvalue weighted by Crippen LogP contribution is -2.30. The Morgan fingerprint density at radius 1 is 1.19 bits per heavy atom. The Kier molecular flexibility index (Phi) is 7.68. The summed E-state index contributed by atoms with van der Waals surface area (Å²) >= 11 is 0. The summed E-state index contributed by atoms with van der Waals surface area (Å²) in [5.41, 5.74) is 1.79. The molecule has 120 valence electrons. The second-order valence-corrected chi connectivity index (χ2v) is 6.02. The number of hydrogen-bond donors (Lipinski definition) is 1. The first kappa shape index (κ1) is 17.9. The van der Waals surface area contributed by atoms with Crippen molar-refractivity contribution in [2.75, 3.05) is 38.6 Å². The SMILES string of the molecule is CCN(CCCN(C)C)c1c(F)cccc1CNC(C)C. The van der Waals surface area contributed by atoms with Gasteiger partial charge in [0.1, 0.15) is 5.82 Å². The molecule has 0 spiro atoms. The van der Waals surface area contributed by atoms with Crippen molar-refractivity contribution in [2.24, 2.45) is 0 Å². The molecule has 0 aliphatic heterocycles. The van der Waals surface area contributed by atoms with Crippen molar-refractivity contribution >= 4 is 5.69 Å². The van der Waals surface area contributed by atoms with Crippen LogP contribution in [0.3, 0.4) is 0 Å². The lowest BCUT2D eigenvalue weighted by atomic mass is 10.1. The molecule has 4 heteroatoms. The minimum atomic E-state index is -0.121. The van der Waals surface area contributed by atoms with E-state index in [1.165, 1.54) is 0 Å². The number of halogens is 1. The van der Waals surface area contributed by atoms with E-state index >= 15 is 0 Å². The van der Waals surface area contributed by atoms with E-state index in [0.717, 1.165) is 37.3 Å². The number of rotatable bonds is 9. The molecule has 1 N–H and O–H groups in total. The summed E-state index contributed by atoms with van der Waals surface area (Å²) in [7, 11) is 4.13. The molecule has 0 bridgehead atoms. The van der Waals surface area contributed by atoms with Crippen LogP contribution in [0.2, 0.25) is 0 Å². The van der Waals surface area contributed by atoms with Gasteiger partial charge in [-0.2, -0.15) is 0 Å². The predicted molar refractivity (Wildman–Crippen MR) is 89.4 cm³/mol. The van der Waals surface area contributed by atoms with Crippen LogP contribution in [0, 0.1) is 5.82 Å². The van der Waals surface area contributed by atoms with Crippen LogP contribution in [-0.4, -0.2) is 44.7 Å². The summed E-state index contributed by atoms with van der Waals surface area (Å²) in [5.74, 6) is -0.121. The van der Waals surface area contributed by atoms with E-state index in [4.69, 9.17) is 0 Å². The second kappa shape index (κ2) is 9.00. The molecular weight excluding hydrogens is 265 g/mol. The van der Waals surface area contributed by atoms with Crippen molar-refractivity contribution < 1.29 is 4.39 Å². The number of nitrogens with zero attached hydrogens (tertiary/aromatic N) is 2. The molecule has 0 atom stereocenters. The summed E-state index contributed by atoms with van der Waals surface area (Å²) < 4.78 is 14.3. The zero-order valence-electron chi connectivity index (χ0n) is 14.1. The largest absolute Gasteiger partial charge is 0.369 e. The third kappa shape index (κ3) is 6.02. The highest BCUT2D eigenvalue weighted by atomic mass is 19.1. The van der Waals surface area contributed by atoms with Gasteiger partial charge in [-0.3, -0.25) is 0 Å². The molecule has 0 aliphatic carbocycles. The van der Waals surface area contributed by atoms with Crippen molar-refractivity contribution in [3.05, 3.63) is 29.6 Å². The van der Waals surface area contributed by atoms with Gasteiger partial charge in [0.25, 0.3) is 0 Å². The average Bonchev–Trinajstić information content (AvgIpc) is 2.42. The van der Waals surface area contributed by atoms with Crippen LogP contribution in [0.25, 0.3) is 0 Å². The fraction of sp³-hybridized carbons (Fsp3) is 0.647. The third-order valence-electron chi connectivity index (χ3n) is 3.50. The van der Waals surface area contributed by atoms with Gasteiger partial charge in [0, 0.05) is 25.7 Å². The molecule has 0 unspecified atom stereocenters. The molecule has 1 rings (SSSR count). The molecule has 0 aliphatic rings. The number of para-hydroxylation sites is 1. The summed E-state index contributed by atoms with van der Waals surface area (Å²) in [6, 6.07) is 5.76. The van der Waals surface area contributed by atoms with Gasteiger partial charge in [-0.1, -0.05) is 26.0 Å². The summed E-state index contributed by atoms with van der Waals surface area (Å²) in [5, 5.41) is 3.38. The first-order valence-electron chi connectivity index (χ1n) is 7.86. The zero-order valence-corrected chi connectivity index (χ0v) is 14.1. The predicted octanol–water partition coefficient (Wildman–Crippen LogP) is 3.10. The second-order valence-electron chi connectivity index (χ2n) is 6.02. The lowest BCUT2D eigenvalue weighted by Gasteiger charge is -2.27. The van der Waals surface area contributed by atoms with Gasteiger partial charge >= 0.3 is 0 Å². The summed E-state index contributed by atoms with van der Waals surface area (Å²) in [4.78, 5) is 4.31. The summed E-state index contributed by atoms with van der Waals surface area (Å²) in [6.45, 7) is 9.72. The topological polar surface area (TPSA) is 18.5 Å². The molecule has 0 saturated carbocycles. The monoisotopic (exact) mass is 295 g/mol. The van der Waals surface area contributed by atoms with Gasteiger partial charge < -0.3 is 15.1 Å². The first-order valence-corrected chi connectivity index (χ1v) is 7.86. The van der Waals surface area contributed by atoms with Crippen LogP contribution in [-0.2, 0) is 6.54 Å². The van der Waals surface area contributed by atoms with Gasteiger partial charge in [-0.15, -0.1) is 0 Å². The van der Waals surface area contributed by atoms with E-state index in [2.05, 4.69) is 50.0 Å². The lowest BCUT2D eigenvalue weighted by molar-refractivity contribution is 0.400. The van der Waals surface area contributed by atoms with E-state index in [1.54, 1.807) is 12.1 Å². The maximum absolute atomic E-state index is 14.3. The highest BCUT2D eigenvalue weighted by Crippen LogP contribution is 2.25. The Hall–Kier alpha value is -1.13. The minimum Gasteiger partial charge on any atom is -0.369 e. The fourth-order valence-electron chi connectivity index (χ4n) is 2.38. The molecule has 0 heterocycles. The van der Waals surface area contributed by atoms with E-state index in [-0.39, 0.29) is 5.82 Å². The van der Waals surface area contributed by atoms with Crippen molar-refractivity contribution in [1.29, 1.82) is 0 Å². The molecule has 0 aromatic heterocycles. The van der Waals surface area contributed by atoms with Gasteiger partial charge in [0.05, 0.1) is 5.69 Å². The molecule has 21 heavy (non-hydrogen) atoms. The Morgan fingerprint density at radius 2 is 1.90 bits per heavy atom. The molecule has 0 saturated heterocycles. The van der Waals surface area contributed by atoms with Crippen molar-refractivity contribution in [2.45, 2.75) is 39.8 Å². The molecule has 0 amide bonds. The Bertz CT molecular complexity index is 418. The van der Waals surface area contributed by atoms with Crippen molar-refractivity contribution in [3.63, 3.8) is 0 Å². The number of hydrogen-bond acceptors (Lipinski definition) is 3. The average molecular weight is 295 g/mol. The number of nitrogens with one attached hydrogen (secondary N) is 1. The molecular formula is C17H30FN3. The highest BCUT2D eigenvalue weighted by molar-refractivity contribution is 5.54. The van der Waals surface area contributed by atoms with Crippen molar-refractivity contribution in [1.82, 2.24) is 10.2 Å². The Morgan fingerprint density at radius 3 is 2.48 bits per heavy atom. The number of anilines is 1. The quantitative estimate of drug-likeness (QED) is 0.755. The van der Waals surface area contributed by atoms with E-state index in [9.17, 15) is 4.39 Å². The fourth-order valence-corrected chi connectivity index (χ4v) is 2.38. The highest BCUT2D eigenvalue weighted by Gasteiger charge is 2.15. The molecule has 0 radical (unpaired) electrons. The Balaban J connectivity index is 2.85. The molecule has 0 fully saturated rings. The van der Waals surface area contributed by atoms with Crippen LogP contribution in [0.15, 0.2) is 18.2 Å². The maximum atomic E-state index is 14.3. The van der Waals surface area contributed by atoms with E-state index in [1.807, 2.05) is 6.07 Å².